The molecule has 12 heteroatoms. The molecular weight excluding hydrogens is 544 g/mol. The molecule has 4 aromatic carbocycles. The summed E-state index contributed by atoms with van der Waals surface area (Å²) in [7, 11) is 0. The molecule has 0 saturated heterocycles. The second kappa shape index (κ2) is 10.9. The molecule has 0 fully saturated rings. The molecule has 0 heterocycles. The van der Waals surface area contributed by atoms with Gasteiger partial charge in [-0.15, -0.1) is 0 Å². The summed E-state index contributed by atoms with van der Waals surface area (Å²) in [6.45, 7) is 0. The number of halogens is 5. The van der Waals surface area contributed by atoms with Crippen molar-refractivity contribution < 1.29 is 36.8 Å². The van der Waals surface area contributed by atoms with Crippen LogP contribution in [0.4, 0.5) is 28.9 Å². The fraction of sp³-hybridized carbons (Fsp3) is 0.0370. The molecule has 0 aliphatic rings. The van der Waals surface area contributed by atoms with E-state index in [4.69, 9.17) is 16.3 Å². The Balaban J connectivity index is 1.76. The van der Waals surface area contributed by atoms with E-state index in [2.05, 4.69) is 5.32 Å². The molecule has 1 N–H and O–H groups in total. The smallest absolute Gasteiger partial charge is 0.423 e. The molecule has 0 aliphatic heterocycles. The predicted molar refractivity (Wildman–Crippen MR) is 134 cm³/mol. The summed E-state index contributed by atoms with van der Waals surface area (Å²) < 4.78 is 61.4. The van der Waals surface area contributed by atoms with Crippen molar-refractivity contribution in [2.45, 2.75) is 6.18 Å². The fourth-order valence-corrected chi connectivity index (χ4v) is 3.79. The minimum absolute atomic E-state index is 0.0647. The van der Waals surface area contributed by atoms with Gasteiger partial charge in [-0.3, -0.25) is 19.7 Å². The number of hydrogen-bond acceptors (Lipinski definition) is 5. The lowest BCUT2D eigenvalue weighted by Gasteiger charge is -2.15. The second-order valence-corrected chi connectivity index (χ2v) is 8.44. The van der Waals surface area contributed by atoms with Crippen molar-refractivity contribution in [3.05, 3.63) is 128 Å². The number of nitrogens with one attached hydrogen (secondary N) is 1. The molecule has 0 aliphatic carbocycles. The molecule has 39 heavy (non-hydrogen) atoms. The SMILES string of the molecule is O=C(c1cccc(Cl)c1)c1ccc(C(=O)Nc2ccc([N+](=O)[O-])c(C(F)(F)F)c2)c(Oc2ccccc2)c1F. The van der Waals surface area contributed by atoms with Crippen LogP contribution in [0.5, 0.6) is 11.5 Å². The normalized spacial score (nSPS) is 11.1. The molecule has 0 unspecified atom stereocenters. The van der Waals surface area contributed by atoms with Gasteiger partial charge in [-0.05, 0) is 48.5 Å². The van der Waals surface area contributed by atoms with Crippen molar-refractivity contribution in [3.8, 4) is 11.5 Å². The Morgan fingerprint density at radius 1 is 0.897 bits per heavy atom. The first-order valence-corrected chi connectivity index (χ1v) is 11.4. The number of benzene rings is 4. The lowest BCUT2D eigenvalue weighted by atomic mass is 10.00. The Bertz CT molecular complexity index is 1590. The van der Waals surface area contributed by atoms with Gasteiger partial charge in [-0.2, -0.15) is 13.2 Å². The number of rotatable bonds is 7. The zero-order chi connectivity index (χ0) is 28.3. The summed E-state index contributed by atoms with van der Waals surface area (Å²) in [5, 5.41) is 13.4. The summed E-state index contributed by atoms with van der Waals surface area (Å²) in [4.78, 5) is 35.9. The Labute approximate surface area is 222 Å². The molecule has 7 nitrogen and oxygen atoms in total. The third-order valence-corrected chi connectivity index (χ3v) is 5.63. The van der Waals surface area contributed by atoms with Gasteiger partial charge in [0.1, 0.15) is 11.3 Å². The summed E-state index contributed by atoms with van der Waals surface area (Å²) in [5.41, 5.74) is -4.07. The van der Waals surface area contributed by atoms with Crippen LogP contribution in [0.1, 0.15) is 31.8 Å². The fourth-order valence-electron chi connectivity index (χ4n) is 3.60. The molecule has 0 atom stereocenters. The molecule has 4 aromatic rings. The van der Waals surface area contributed by atoms with E-state index in [0.717, 1.165) is 18.2 Å². The van der Waals surface area contributed by atoms with Gasteiger partial charge in [-0.1, -0.05) is 41.9 Å². The number of nitro groups is 1. The molecule has 0 spiro atoms. The number of ketones is 1. The number of hydrogen-bond donors (Lipinski definition) is 1. The minimum atomic E-state index is -5.08. The van der Waals surface area contributed by atoms with Crippen LogP contribution in [-0.2, 0) is 6.18 Å². The highest BCUT2D eigenvalue weighted by Gasteiger charge is 2.38. The lowest BCUT2D eigenvalue weighted by molar-refractivity contribution is -0.388. The van der Waals surface area contributed by atoms with E-state index in [1.165, 1.54) is 36.4 Å². The highest BCUT2D eigenvalue weighted by Crippen LogP contribution is 2.38. The Morgan fingerprint density at radius 2 is 1.59 bits per heavy atom. The molecule has 0 radical (unpaired) electrons. The molecule has 198 valence electrons. The van der Waals surface area contributed by atoms with Gasteiger partial charge >= 0.3 is 6.18 Å². The van der Waals surface area contributed by atoms with Gasteiger partial charge in [0, 0.05) is 22.3 Å². The number of ether oxygens (including phenoxy) is 1. The summed E-state index contributed by atoms with van der Waals surface area (Å²) in [6.07, 6.45) is -5.08. The van der Waals surface area contributed by atoms with E-state index in [9.17, 15) is 32.9 Å². The first kappa shape index (κ1) is 27.3. The maximum absolute atomic E-state index is 15.7. The van der Waals surface area contributed by atoms with Crippen LogP contribution in [-0.4, -0.2) is 16.6 Å². The first-order chi connectivity index (χ1) is 18.5. The third kappa shape index (κ3) is 6.04. The van der Waals surface area contributed by atoms with Crippen molar-refractivity contribution in [2.75, 3.05) is 5.32 Å². The van der Waals surface area contributed by atoms with Gasteiger partial charge in [-0.25, -0.2) is 4.39 Å². The van der Waals surface area contributed by atoms with E-state index in [-0.39, 0.29) is 16.3 Å². The quantitative estimate of drug-likeness (QED) is 0.109. The van der Waals surface area contributed by atoms with Crippen molar-refractivity contribution in [1.82, 2.24) is 0 Å². The van der Waals surface area contributed by atoms with E-state index in [1.54, 1.807) is 18.2 Å². The number of alkyl halides is 3. The van der Waals surface area contributed by atoms with Gasteiger partial charge in [0.15, 0.2) is 17.3 Å². The number of anilines is 1. The zero-order valence-corrected chi connectivity index (χ0v) is 20.2. The van der Waals surface area contributed by atoms with E-state index in [0.29, 0.717) is 12.1 Å². The molecule has 1 amide bonds. The van der Waals surface area contributed by atoms with Crippen molar-refractivity contribution in [1.29, 1.82) is 0 Å². The summed E-state index contributed by atoms with van der Waals surface area (Å²) in [6, 6.07) is 17.5. The zero-order valence-electron chi connectivity index (χ0n) is 19.5. The van der Waals surface area contributed by atoms with Crippen LogP contribution in [0.3, 0.4) is 0 Å². The molecule has 0 aromatic heterocycles. The molecular formula is C27H15ClF4N2O5. The summed E-state index contributed by atoms with van der Waals surface area (Å²) >= 11 is 5.93. The standard InChI is InChI=1S/C27H15ClF4N2O5/c28-16-6-4-5-15(13-16)24(35)19-10-11-20(25(23(19)29)39-18-7-2-1-3-8-18)26(36)33-17-9-12-22(34(37)38)21(14-17)27(30,31)32/h1-14H,(H,33,36). The average Bonchev–Trinajstić information content (AvgIpc) is 2.89. The van der Waals surface area contributed by atoms with Crippen LogP contribution in [0.25, 0.3) is 0 Å². The topological polar surface area (TPSA) is 98.5 Å². The Hall–Kier alpha value is -4.77. The van der Waals surface area contributed by atoms with Crippen molar-refractivity contribution in [3.63, 3.8) is 0 Å². The third-order valence-electron chi connectivity index (χ3n) is 5.39. The van der Waals surface area contributed by atoms with Crippen molar-refractivity contribution in [2.24, 2.45) is 0 Å². The number of nitrogens with zero attached hydrogens (tertiary/aromatic N) is 1. The average molecular weight is 559 g/mol. The molecule has 0 saturated carbocycles. The van der Waals surface area contributed by atoms with Gasteiger partial charge in [0.2, 0.25) is 0 Å². The second-order valence-electron chi connectivity index (χ2n) is 8.00. The van der Waals surface area contributed by atoms with E-state index < -0.39 is 62.4 Å². The summed E-state index contributed by atoms with van der Waals surface area (Å²) in [5.74, 6) is -3.61. The minimum Gasteiger partial charge on any atom is -0.453 e. The van der Waals surface area contributed by atoms with Crippen LogP contribution >= 0.6 is 11.6 Å². The molecule has 4 rings (SSSR count). The number of para-hydroxylation sites is 1. The monoisotopic (exact) mass is 558 g/mol. The van der Waals surface area contributed by atoms with Crippen LogP contribution in [0, 0.1) is 15.9 Å². The van der Waals surface area contributed by atoms with Gasteiger partial charge < -0.3 is 10.1 Å². The number of amides is 1. The van der Waals surface area contributed by atoms with Crippen LogP contribution in [0.2, 0.25) is 5.02 Å². The van der Waals surface area contributed by atoms with Gasteiger partial charge in [0.25, 0.3) is 11.6 Å². The van der Waals surface area contributed by atoms with E-state index >= 15 is 4.39 Å². The van der Waals surface area contributed by atoms with Gasteiger partial charge in [0.05, 0.1) is 16.1 Å². The van der Waals surface area contributed by atoms with Crippen LogP contribution < -0.4 is 10.1 Å². The highest BCUT2D eigenvalue weighted by atomic mass is 35.5. The maximum atomic E-state index is 15.7. The maximum Gasteiger partial charge on any atom is 0.423 e. The first-order valence-electron chi connectivity index (χ1n) is 11.0. The molecule has 0 bridgehead atoms. The number of carbonyl (C=O) groups is 2. The lowest BCUT2D eigenvalue weighted by Crippen LogP contribution is -2.17. The Morgan fingerprint density at radius 3 is 2.23 bits per heavy atom. The van der Waals surface area contributed by atoms with Crippen molar-refractivity contribution >= 4 is 34.7 Å². The predicted octanol–water partition coefficient (Wildman–Crippen LogP) is 7.68. The number of nitro benzene ring substituents is 1. The van der Waals surface area contributed by atoms with Crippen LogP contribution in [0.15, 0.2) is 84.9 Å². The van der Waals surface area contributed by atoms with E-state index in [1.807, 2.05) is 0 Å². The largest absolute Gasteiger partial charge is 0.453 e. The Kier molecular flexibility index (Phi) is 7.63. The highest BCUT2D eigenvalue weighted by molar-refractivity contribution is 6.31. The number of carbonyl (C=O) groups excluding carboxylic acids is 2.